The lowest BCUT2D eigenvalue weighted by atomic mass is 10.2. The number of hydrogen-bond acceptors (Lipinski definition) is 4. The second kappa shape index (κ2) is 6.31. The summed E-state index contributed by atoms with van der Waals surface area (Å²) in [5.41, 5.74) is 0. The second-order valence-corrected chi connectivity index (χ2v) is 4.14. The van der Waals surface area contributed by atoms with E-state index in [0.717, 1.165) is 25.9 Å². The second-order valence-electron chi connectivity index (χ2n) is 4.14. The first kappa shape index (κ1) is 12.8. The van der Waals surface area contributed by atoms with E-state index in [9.17, 15) is 5.11 Å². The summed E-state index contributed by atoms with van der Waals surface area (Å²) in [5, 5.41) is 9.62. The minimum Gasteiger partial charge on any atom is -0.504 e. The van der Waals surface area contributed by atoms with E-state index >= 15 is 0 Å². The molecule has 1 fully saturated rings. The van der Waals surface area contributed by atoms with Crippen molar-refractivity contribution in [3.63, 3.8) is 0 Å². The molecule has 98 valence electrons. The van der Waals surface area contributed by atoms with Crippen molar-refractivity contribution in [3.8, 4) is 17.2 Å². The number of rotatable bonds is 5. The molecule has 1 aliphatic rings. The molecule has 0 aromatic heterocycles. The van der Waals surface area contributed by atoms with E-state index in [1.54, 1.807) is 24.3 Å². The average molecular weight is 250 g/mol. The highest BCUT2D eigenvalue weighted by molar-refractivity contribution is 5.44. The monoisotopic (exact) mass is 250 g/mol. The van der Waals surface area contributed by atoms with Crippen molar-refractivity contribution < 1.29 is 19.3 Å². The van der Waals surface area contributed by atoms with Crippen molar-refractivity contribution in [3.05, 3.63) is 30.9 Å². The van der Waals surface area contributed by atoms with Crippen LogP contribution in [0.3, 0.4) is 0 Å². The lowest BCUT2D eigenvalue weighted by Crippen LogP contribution is -2.24. The molecule has 1 N–H and O–H groups in total. The van der Waals surface area contributed by atoms with Crippen LogP contribution in [0.4, 0.5) is 0 Å². The Morgan fingerprint density at radius 3 is 3.06 bits per heavy atom. The van der Waals surface area contributed by atoms with E-state index in [1.807, 2.05) is 0 Å². The van der Waals surface area contributed by atoms with Crippen LogP contribution >= 0.6 is 0 Å². The molecule has 0 amide bonds. The Morgan fingerprint density at radius 1 is 1.44 bits per heavy atom. The zero-order chi connectivity index (χ0) is 12.8. The number of benzene rings is 1. The Morgan fingerprint density at radius 2 is 2.33 bits per heavy atom. The molecule has 2 rings (SSSR count). The minimum absolute atomic E-state index is 0.0914. The van der Waals surface area contributed by atoms with Crippen LogP contribution in [0.15, 0.2) is 30.9 Å². The molecule has 0 radical (unpaired) electrons. The maximum atomic E-state index is 9.62. The summed E-state index contributed by atoms with van der Waals surface area (Å²) in [6.07, 6.45) is 4.52. The smallest absolute Gasteiger partial charge is 0.199 e. The Bertz CT molecular complexity index is 397. The fourth-order valence-corrected chi connectivity index (χ4v) is 1.79. The van der Waals surface area contributed by atoms with Crippen LogP contribution in [0.25, 0.3) is 0 Å². The largest absolute Gasteiger partial charge is 0.504 e. The summed E-state index contributed by atoms with van der Waals surface area (Å²) >= 11 is 0. The van der Waals surface area contributed by atoms with Crippen LogP contribution in [0.1, 0.15) is 19.3 Å². The lowest BCUT2D eigenvalue weighted by Gasteiger charge is -2.23. The van der Waals surface area contributed by atoms with Gasteiger partial charge in [-0.05, 0) is 25.0 Å². The molecule has 0 aliphatic carbocycles. The molecule has 1 aromatic rings. The van der Waals surface area contributed by atoms with Crippen molar-refractivity contribution in [2.45, 2.75) is 25.6 Å². The van der Waals surface area contributed by atoms with Gasteiger partial charge in [0.05, 0.1) is 6.61 Å². The third-order valence-electron chi connectivity index (χ3n) is 2.69. The van der Waals surface area contributed by atoms with Crippen molar-refractivity contribution >= 4 is 0 Å². The Hall–Kier alpha value is -1.68. The number of phenols is 1. The predicted molar refractivity (Wildman–Crippen MR) is 68.0 cm³/mol. The van der Waals surface area contributed by atoms with E-state index in [1.165, 1.54) is 0 Å². The summed E-state index contributed by atoms with van der Waals surface area (Å²) in [7, 11) is 0. The molecular weight excluding hydrogens is 232 g/mol. The van der Waals surface area contributed by atoms with E-state index in [4.69, 9.17) is 14.2 Å². The van der Waals surface area contributed by atoms with E-state index < -0.39 is 0 Å². The lowest BCUT2D eigenvalue weighted by molar-refractivity contribution is -0.105. The van der Waals surface area contributed by atoms with Crippen LogP contribution in [0.5, 0.6) is 17.2 Å². The highest BCUT2D eigenvalue weighted by Gasteiger charge is 2.16. The van der Waals surface area contributed by atoms with Gasteiger partial charge < -0.3 is 19.3 Å². The fraction of sp³-hybridized carbons (Fsp3) is 0.429. The molecule has 0 bridgehead atoms. The number of phenolic OH excluding ortho intramolecular Hbond substituents is 1. The maximum absolute atomic E-state index is 9.62. The van der Waals surface area contributed by atoms with Gasteiger partial charge in [0.15, 0.2) is 17.8 Å². The predicted octanol–water partition coefficient (Wildman–Crippen LogP) is 2.86. The Balaban J connectivity index is 2.01. The molecular formula is C14H18O4. The van der Waals surface area contributed by atoms with Gasteiger partial charge in [-0.2, -0.15) is 0 Å². The third kappa shape index (κ3) is 3.40. The zero-order valence-corrected chi connectivity index (χ0v) is 10.3. The molecule has 0 saturated carbocycles. The van der Waals surface area contributed by atoms with Gasteiger partial charge in [-0.15, -0.1) is 0 Å². The van der Waals surface area contributed by atoms with Crippen LogP contribution in [-0.4, -0.2) is 24.6 Å². The first-order valence-electron chi connectivity index (χ1n) is 6.14. The van der Waals surface area contributed by atoms with E-state index in [0.29, 0.717) is 18.1 Å². The molecule has 1 aromatic carbocycles. The van der Waals surface area contributed by atoms with Crippen molar-refractivity contribution in [1.82, 2.24) is 0 Å². The molecule has 0 unspecified atom stereocenters. The zero-order valence-electron chi connectivity index (χ0n) is 10.3. The highest BCUT2D eigenvalue weighted by Crippen LogP contribution is 2.31. The summed E-state index contributed by atoms with van der Waals surface area (Å²) in [4.78, 5) is 0. The van der Waals surface area contributed by atoms with E-state index in [-0.39, 0.29) is 12.0 Å². The topological polar surface area (TPSA) is 47.9 Å². The number of ether oxygens (including phenoxy) is 3. The number of hydrogen-bond donors (Lipinski definition) is 1. The maximum Gasteiger partial charge on any atom is 0.199 e. The Kier molecular flexibility index (Phi) is 4.47. The molecule has 1 atom stereocenters. The number of aromatic hydroxyl groups is 1. The van der Waals surface area contributed by atoms with Gasteiger partial charge in [0.1, 0.15) is 12.4 Å². The quantitative estimate of drug-likeness (QED) is 0.816. The van der Waals surface area contributed by atoms with Gasteiger partial charge in [-0.25, -0.2) is 0 Å². The third-order valence-corrected chi connectivity index (χ3v) is 2.69. The van der Waals surface area contributed by atoms with Gasteiger partial charge in [0, 0.05) is 12.5 Å². The van der Waals surface area contributed by atoms with Crippen molar-refractivity contribution in [2.24, 2.45) is 0 Å². The first-order valence-corrected chi connectivity index (χ1v) is 6.14. The van der Waals surface area contributed by atoms with Gasteiger partial charge >= 0.3 is 0 Å². The normalized spacial score (nSPS) is 19.2. The molecule has 4 nitrogen and oxygen atoms in total. The van der Waals surface area contributed by atoms with Gasteiger partial charge in [0.25, 0.3) is 0 Å². The van der Waals surface area contributed by atoms with Crippen LogP contribution in [0.2, 0.25) is 0 Å². The molecule has 0 spiro atoms. The SMILES string of the molecule is C=CCOc1cc(O[C@@H]2CCCCO2)ccc1O. The summed E-state index contributed by atoms with van der Waals surface area (Å²) < 4.78 is 16.5. The highest BCUT2D eigenvalue weighted by atomic mass is 16.7. The fourth-order valence-electron chi connectivity index (χ4n) is 1.79. The van der Waals surface area contributed by atoms with Gasteiger partial charge in [-0.1, -0.05) is 12.7 Å². The van der Waals surface area contributed by atoms with Crippen LogP contribution < -0.4 is 9.47 Å². The van der Waals surface area contributed by atoms with Crippen molar-refractivity contribution in [2.75, 3.05) is 13.2 Å². The molecule has 4 heteroatoms. The van der Waals surface area contributed by atoms with Gasteiger partial charge in [0.2, 0.25) is 0 Å². The van der Waals surface area contributed by atoms with Crippen molar-refractivity contribution in [1.29, 1.82) is 0 Å². The Labute approximate surface area is 107 Å². The minimum atomic E-state index is -0.199. The summed E-state index contributed by atoms with van der Waals surface area (Å²) in [5.74, 6) is 1.12. The van der Waals surface area contributed by atoms with E-state index in [2.05, 4.69) is 6.58 Å². The van der Waals surface area contributed by atoms with Crippen LogP contribution in [0, 0.1) is 0 Å². The summed E-state index contributed by atoms with van der Waals surface area (Å²) in [6.45, 7) is 4.65. The summed E-state index contributed by atoms with van der Waals surface area (Å²) in [6, 6.07) is 4.92. The molecule has 1 heterocycles. The van der Waals surface area contributed by atoms with Gasteiger partial charge in [-0.3, -0.25) is 0 Å². The first-order chi connectivity index (χ1) is 8.79. The standard InChI is InChI=1S/C14H18O4/c1-2-8-16-13-10-11(6-7-12(13)15)18-14-5-3-4-9-17-14/h2,6-7,10,14-15H,1,3-5,8-9H2/t14-/m1/s1. The average Bonchev–Trinajstić information content (AvgIpc) is 2.40. The molecule has 1 aliphatic heterocycles. The molecule has 18 heavy (non-hydrogen) atoms. The van der Waals surface area contributed by atoms with Crippen LogP contribution in [-0.2, 0) is 4.74 Å². The molecule has 1 saturated heterocycles.